The minimum Gasteiger partial charge on any atom is -0.391 e. The van der Waals surface area contributed by atoms with E-state index in [1.165, 1.54) is 0 Å². The first-order valence-corrected chi connectivity index (χ1v) is 11.9. The van der Waals surface area contributed by atoms with Crippen molar-refractivity contribution in [2.45, 2.75) is 45.8 Å². The average molecular weight is 454 g/mol. The minimum absolute atomic E-state index is 0.0425. The number of aryl methyl sites for hydroxylation is 1. The molecule has 4 rings (SSSR count). The molecular formula is C25H35N5O3. The van der Waals surface area contributed by atoms with Gasteiger partial charge in [-0.25, -0.2) is 9.78 Å². The van der Waals surface area contributed by atoms with Gasteiger partial charge in [-0.1, -0.05) is 6.07 Å². The van der Waals surface area contributed by atoms with E-state index in [-0.39, 0.29) is 12.1 Å². The number of aliphatic hydroxyl groups excluding tert-OH is 1. The maximum Gasteiger partial charge on any atom is 0.321 e. The second kappa shape index (κ2) is 10.4. The van der Waals surface area contributed by atoms with E-state index >= 15 is 0 Å². The molecule has 2 atom stereocenters. The first-order chi connectivity index (χ1) is 15.9. The number of nitrogens with one attached hydrogen (secondary N) is 2. The van der Waals surface area contributed by atoms with Gasteiger partial charge in [0.1, 0.15) is 11.6 Å². The Balaban J connectivity index is 1.66. The van der Waals surface area contributed by atoms with Crippen molar-refractivity contribution >= 4 is 23.4 Å². The molecule has 0 spiro atoms. The summed E-state index contributed by atoms with van der Waals surface area (Å²) in [6.07, 6.45) is 1.62. The molecule has 8 nitrogen and oxygen atoms in total. The van der Waals surface area contributed by atoms with E-state index in [9.17, 15) is 9.90 Å². The number of rotatable bonds is 6. The smallest absolute Gasteiger partial charge is 0.321 e. The summed E-state index contributed by atoms with van der Waals surface area (Å²) in [5.41, 5.74) is 3.95. The molecule has 3 heterocycles. The number of likely N-dealkylation sites (tertiary alicyclic amines) is 1. The number of benzene rings is 1. The first-order valence-electron chi connectivity index (χ1n) is 11.9. The Hall–Kier alpha value is -2.84. The van der Waals surface area contributed by atoms with Gasteiger partial charge in [-0.3, -0.25) is 0 Å². The lowest BCUT2D eigenvalue weighted by atomic mass is 10.00. The second-order valence-electron chi connectivity index (χ2n) is 9.03. The number of carbonyl (C=O) groups excluding carboxylic acids is 1. The van der Waals surface area contributed by atoms with Gasteiger partial charge >= 0.3 is 6.03 Å². The number of amides is 2. The summed E-state index contributed by atoms with van der Waals surface area (Å²) in [5.74, 6) is 1.59. The molecule has 1 aromatic heterocycles. The molecule has 2 aromatic rings. The molecule has 0 aliphatic carbocycles. The van der Waals surface area contributed by atoms with Gasteiger partial charge in [0.05, 0.1) is 25.4 Å². The van der Waals surface area contributed by atoms with Crippen LogP contribution in [0.25, 0.3) is 11.1 Å². The van der Waals surface area contributed by atoms with E-state index in [0.29, 0.717) is 19.0 Å². The Kier molecular flexibility index (Phi) is 7.35. The monoisotopic (exact) mass is 453 g/mol. The molecule has 2 aliphatic rings. The maximum absolute atomic E-state index is 12.6. The van der Waals surface area contributed by atoms with Crippen LogP contribution in [0.4, 0.5) is 22.1 Å². The molecule has 2 saturated heterocycles. The van der Waals surface area contributed by atoms with Crippen LogP contribution in [0.3, 0.4) is 0 Å². The van der Waals surface area contributed by atoms with Crippen molar-refractivity contribution in [3.63, 3.8) is 0 Å². The number of hydrogen-bond acceptors (Lipinski definition) is 6. The standard InChI is InChI=1S/C25H35N5O3/c1-17-6-7-21(27-25(32)30-8-4-5-9-30)16-22(17)20-14-23(26-18(2)19(3)31)28-24(15-20)29-10-12-33-13-11-29/h6-7,14-16,18-19,31H,4-5,8-13H2,1-3H3,(H,26,28)(H,27,32)/t18-,19-/m1/s1. The van der Waals surface area contributed by atoms with Crippen LogP contribution in [0.5, 0.6) is 0 Å². The molecule has 0 bridgehead atoms. The van der Waals surface area contributed by atoms with Gasteiger partial charge in [-0.15, -0.1) is 0 Å². The van der Waals surface area contributed by atoms with Gasteiger partial charge in [0.2, 0.25) is 0 Å². The van der Waals surface area contributed by atoms with Crippen LogP contribution in [-0.2, 0) is 4.74 Å². The van der Waals surface area contributed by atoms with Crippen molar-refractivity contribution < 1.29 is 14.6 Å². The highest BCUT2D eigenvalue weighted by molar-refractivity contribution is 5.91. The zero-order valence-corrected chi connectivity index (χ0v) is 19.8. The van der Waals surface area contributed by atoms with Crippen molar-refractivity contribution in [3.05, 3.63) is 35.9 Å². The highest BCUT2D eigenvalue weighted by Crippen LogP contribution is 2.32. The fourth-order valence-corrected chi connectivity index (χ4v) is 4.19. The lowest BCUT2D eigenvalue weighted by Crippen LogP contribution is -2.37. The predicted molar refractivity (Wildman–Crippen MR) is 132 cm³/mol. The van der Waals surface area contributed by atoms with Crippen LogP contribution in [0.15, 0.2) is 30.3 Å². The van der Waals surface area contributed by atoms with E-state index in [0.717, 1.165) is 67.2 Å². The van der Waals surface area contributed by atoms with Crippen molar-refractivity contribution in [2.24, 2.45) is 0 Å². The number of morpholine rings is 1. The van der Waals surface area contributed by atoms with Crippen LogP contribution in [0.1, 0.15) is 32.3 Å². The predicted octanol–water partition coefficient (Wildman–Crippen LogP) is 3.70. The maximum atomic E-state index is 12.6. The number of aromatic nitrogens is 1. The number of hydrogen-bond donors (Lipinski definition) is 3. The molecule has 0 saturated carbocycles. The molecule has 2 amide bonds. The number of ether oxygens (including phenoxy) is 1. The SMILES string of the molecule is Cc1ccc(NC(=O)N2CCCC2)cc1-c1cc(N[C@H](C)[C@@H](C)O)nc(N2CCOCC2)c1. The highest BCUT2D eigenvalue weighted by Gasteiger charge is 2.20. The Morgan fingerprint density at radius 2 is 1.82 bits per heavy atom. The number of pyridine rings is 1. The van der Waals surface area contributed by atoms with Crippen molar-refractivity contribution in [3.8, 4) is 11.1 Å². The van der Waals surface area contributed by atoms with E-state index in [4.69, 9.17) is 9.72 Å². The topological polar surface area (TPSA) is 90.0 Å². The summed E-state index contributed by atoms with van der Waals surface area (Å²) in [4.78, 5) is 21.5. The van der Waals surface area contributed by atoms with Crippen molar-refractivity contribution in [2.75, 3.05) is 54.9 Å². The Morgan fingerprint density at radius 1 is 1.09 bits per heavy atom. The molecule has 0 unspecified atom stereocenters. The number of anilines is 3. The first kappa shape index (κ1) is 23.3. The summed E-state index contributed by atoms with van der Waals surface area (Å²) < 4.78 is 5.51. The molecule has 178 valence electrons. The van der Waals surface area contributed by atoms with E-state index in [2.05, 4.69) is 28.5 Å². The Bertz CT molecular complexity index is 969. The van der Waals surface area contributed by atoms with Crippen molar-refractivity contribution in [1.29, 1.82) is 0 Å². The van der Waals surface area contributed by atoms with Gasteiger partial charge < -0.3 is 30.3 Å². The van der Waals surface area contributed by atoms with Crippen LogP contribution in [-0.4, -0.2) is 72.6 Å². The third kappa shape index (κ3) is 5.75. The van der Waals surface area contributed by atoms with Gasteiger partial charge in [-0.05, 0) is 74.6 Å². The van der Waals surface area contributed by atoms with Gasteiger partial charge in [-0.2, -0.15) is 0 Å². The Labute approximate surface area is 195 Å². The van der Waals surface area contributed by atoms with Crippen molar-refractivity contribution in [1.82, 2.24) is 9.88 Å². The zero-order valence-electron chi connectivity index (χ0n) is 19.8. The molecule has 1 aromatic carbocycles. The molecule has 2 aliphatic heterocycles. The Morgan fingerprint density at radius 3 is 2.52 bits per heavy atom. The van der Waals surface area contributed by atoms with Gasteiger partial charge in [0.25, 0.3) is 0 Å². The molecular weight excluding hydrogens is 418 g/mol. The second-order valence-corrected chi connectivity index (χ2v) is 9.03. The molecule has 8 heteroatoms. The summed E-state index contributed by atoms with van der Waals surface area (Å²) in [6, 6.07) is 9.94. The van der Waals surface area contributed by atoms with E-state index in [1.54, 1.807) is 6.92 Å². The lowest BCUT2D eigenvalue weighted by molar-refractivity contribution is 0.122. The normalized spacial score (nSPS) is 18.2. The molecule has 0 radical (unpaired) electrons. The van der Waals surface area contributed by atoms with Crippen LogP contribution in [0, 0.1) is 6.92 Å². The number of aliphatic hydroxyl groups is 1. The number of carbonyl (C=O) groups is 1. The molecule has 3 N–H and O–H groups in total. The largest absolute Gasteiger partial charge is 0.391 e. The van der Waals surface area contributed by atoms with Crippen LogP contribution in [0.2, 0.25) is 0 Å². The zero-order chi connectivity index (χ0) is 23.4. The fraction of sp³-hybridized carbons (Fsp3) is 0.520. The quantitative estimate of drug-likeness (QED) is 0.618. The fourth-order valence-electron chi connectivity index (χ4n) is 4.19. The third-order valence-electron chi connectivity index (χ3n) is 6.44. The third-order valence-corrected chi connectivity index (χ3v) is 6.44. The van der Waals surface area contributed by atoms with E-state index < -0.39 is 6.10 Å². The van der Waals surface area contributed by atoms with Gasteiger partial charge in [0.15, 0.2) is 0 Å². The van der Waals surface area contributed by atoms with E-state index in [1.807, 2.05) is 36.1 Å². The molecule has 2 fully saturated rings. The number of nitrogens with zero attached hydrogens (tertiary/aromatic N) is 3. The summed E-state index contributed by atoms with van der Waals surface area (Å²) >= 11 is 0. The van der Waals surface area contributed by atoms with Crippen LogP contribution < -0.4 is 15.5 Å². The van der Waals surface area contributed by atoms with Crippen LogP contribution >= 0.6 is 0 Å². The summed E-state index contributed by atoms with van der Waals surface area (Å²) in [6.45, 7) is 10.3. The summed E-state index contributed by atoms with van der Waals surface area (Å²) in [7, 11) is 0. The number of urea groups is 1. The minimum atomic E-state index is -0.506. The molecule has 33 heavy (non-hydrogen) atoms. The summed E-state index contributed by atoms with van der Waals surface area (Å²) in [5, 5.41) is 16.4. The average Bonchev–Trinajstić information content (AvgIpc) is 3.36. The lowest BCUT2D eigenvalue weighted by Gasteiger charge is -2.29. The van der Waals surface area contributed by atoms with Gasteiger partial charge in [0, 0.05) is 31.9 Å². The highest BCUT2D eigenvalue weighted by atomic mass is 16.5.